The summed E-state index contributed by atoms with van der Waals surface area (Å²) in [5.74, 6) is 0.999. The first kappa shape index (κ1) is 11.5. The average molecular weight is 224 g/mol. The third-order valence-electron chi connectivity index (χ3n) is 2.87. The first-order chi connectivity index (χ1) is 7.61. The fourth-order valence-electron chi connectivity index (χ4n) is 1.86. The van der Waals surface area contributed by atoms with Gasteiger partial charge in [-0.25, -0.2) is 9.67 Å². The SMILES string of the molecule is CC(C)n1ncnc1CNCC1(C)COC1. The van der Waals surface area contributed by atoms with Crippen LogP contribution in [-0.2, 0) is 11.3 Å². The van der Waals surface area contributed by atoms with E-state index < -0.39 is 0 Å². The predicted molar refractivity (Wildman–Crippen MR) is 61.0 cm³/mol. The Bertz CT molecular complexity index is 344. The third-order valence-corrected chi connectivity index (χ3v) is 2.87. The van der Waals surface area contributed by atoms with Gasteiger partial charge in [-0.1, -0.05) is 6.92 Å². The summed E-state index contributed by atoms with van der Waals surface area (Å²) in [7, 11) is 0. The summed E-state index contributed by atoms with van der Waals surface area (Å²) in [4.78, 5) is 4.26. The second-order valence-electron chi connectivity index (χ2n) is 5.12. The van der Waals surface area contributed by atoms with Crippen LogP contribution in [0, 0.1) is 5.41 Å². The molecule has 0 aliphatic carbocycles. The van der Waals surface area contributed by atoms with E-state index in [1.807, 2.05) is 4.68 Å². The molecule has 1 aromatic rings. The number of rotatable bonds is 5. The second-order valence-corrected chi connectivity index (χ2v) is 5.12. The van der Waals surface area contributed by atoms with Gasteiger partial charge in [0.1, 0.15) is 12.2 Å². The Balaban J connectivity index is 1.82. The molecule has 1 fully saturated rings. The van der Waals surface area contributed by atoms with Crippen LogP contribution in [0.25, 0.3) is 0 Å². The summed E-state index contributed by atoms with van der Waals surface area (Å²) >= 11 is 0. The maximum Gasteiger partial charge on any atom is 0.141 e. The molecule has 1 N–H and O–H groups in total. The Labute approximate surface area is 96.2 Å². The van der Waals surface area contributed by atoms with Crippen LogP contribution in [0.15, 0.2) is 6.33 Å². The van der Waals surface area contributed by atoms with Crippen molar-refractivity contribution in [1.29, 1.82) is 0 Å². The van der Waals surface area contributed by atoms with Gasteiger partial charge in [0, 0.05) is 18.0 Å². The molecule has 2 rings (SSSR count). The van der Waals surface area contributed by atoms with Gasteiger partial charge in [0.15, 0.2) is 0 Å². The highest BCUT2D eigenvalue weighted by Crippen LogP contribution is 2.25. The van der Waals surface area contributed by atoms with E-state index in [4.69, 9.17) is 4.74 Å². The Hall–Kier alpha value is -0.940. The van der Waals surface area contributed by atoms with Crippen LogP contribution in [0.3, 0.4) is 0 Å². The van der Waals surface area contributed by atoms with Crippen molar-refractivity contribution in [2.45, 2.75) is 33.4 Å². The fraction of sp³-hybridized carbons (Fsp3) is 0.818. The zero-order chi connectivity index (χ0) is 11.6. The van der Waals surface area contributed by atoms with Crippen LogP contribution < -0.4 is 5.32 Å². The Morgan fingerprint density at radius 3 is 2.88 bits per heavy atom. The minimum absolute atomic E-state index is 0.308. The van der Waals surface area contributed by atoms with Gasteiger partial charge in [0.05, 0.1) is 19.8 Å². The average Bonchev–Trinajstić information content (AvgIpc) is 2.63. The molecule has 0 spiro atoms. The van der Waals surface area contributed by atoms with E-state index in [-0.39, 0.29) is 0 Å². The molecule has 1 aliphatic rings. The first-order valence-electron chi connectivity index (χ1n) is 5.78. The van der Waals surface area contributed by atoms with Gasteiger partial charge in [-0.15, -0.1) is 0 Å². The maximum atomic E-state index is 5.21. The smallest absolute Gasteiger partial charge is 0.141 e. The molecule has 5 nitrogen and oxygen atoms in total. The van der Waals surface area contributed by atoms with E-state index in [1.54, 1.807) is 6.33 Å². The van der Waals surface area contributed by atoms with Crippen LogP contribution in [0.1, 0.15) is 32.6 Å². The lowest BCUT2D eigenvalue weighted by atomic mass is 9.89. The van der Waals surface area contributed by atoms with Crippen LogP contribution in [0.2, 0.25) is 0 Å². The zero-order valence-corrected chi connectivity index (χ0v) is 10.2. The van der Waals surface area contributed by atoms with Crippen molar-refractivity contribution in [3.63, 3.8) is 0 Å². The van der Waals surface area contributed by atoms with Crippen molar-refractivity contribution in [2.75, 3.05) is 19.8 Å². The van der Waals surface area contributed by atoms with Crippen LogP contribution in [0.4, 0.5) is 0 Å². The van der Waals surface area contributed by atoms with Crippen LogP contribution in [0.5, 0.6) is 0 Å². The Kier molecular flexibility index (Phi) is 3.25. The van der Waals surface area contributed by atoms with Gasteiger partial charge in [0.2, 0.25) is 0 Å². The highest BCUT2D eigenvalue weighted by Gasteiger charge is 2.32. The molecule has 5 heteroatoms. The second kappa shape index (κ2) is 4.51. The molecule has 0 atom stereocenters. The lowest BCUT2D eigenvalue weighted by Crippen LogP contribution is -2.47. The van der Waals surface area contributed by atoms with Crippen molar-refractivity contribution in [2.24, 2.45) is 5.41 Å². The van der Waals surface area contributed by atoms with E-state index in [0.717, 1.165) is 32.1 Å². The predicted octanol–water partition coefficient (Wildman–Crippen LogP) is 0.985. The van der Waals surface area contributed by atoms with E-state index >= 15 is 0 Å². The topological polar surface area (TPSA) is 52.0 Å². The summed E-state index contributed by atoms with van der Waals surface area (Å²) in [5, 5.41) is 7.63. The number of hydrogen-bond acceptors (Lipinski definition) is 4. The minimum atomic E-state index is 0.308. The summed E-state index contributed by atoms with van der Waals surface area (Å²) in [6.45, 7) is 9.91. The number of ether oxygens (including phenoxy) is 1. The first-order valence-corrected chi connectivity index (χ1v) is 5.78. The van der Waals surface area contributed by atoms with Crippen molar-refractivity contribution < 1.29 is 4.74 Å². The zero-order valence-electron chi connectivity index (χ0n) is 10.2. The van der Waals surface area contributed by atoms with E-state index in [0.29, 0.717) is 11.5 Å². The van der Waals surface area contributed by atoms with Crippen molar-refractivity contribution in [3.05, 3.63) is 12.2 Å². The largest absolute Gasteiger partial charge is 0.380 e. The number of aromatic nitrogens is 3. The lowest BCUT2D eigenvalue weighted by molar-refractivity contribution is -0.0992. The molecule has 0 aromatic carbocycles. The Morgan fingerprint density at radius 2 is 2.31 bits per heavy atom. The molecule has 1 aliphatic heterocycles. The molecule has 16 heavy (non-hydrogen) atoms. The van der Waals surface area contributed by atoms with E-state index in [9.17, 15) is 0 Å². The van der Waals surface area contributed by atoms with Gasteiger partial charge in [0.25, 0.3) is 0 Å². The van der Waals surface area contributed by atoms with Gasteiger partial charge < -0.3 is 10.1 Å². The highest BCUT2D eigenvalue weighted by atomic mass is 16.5. The molecule has 1 saturated heterocycles. The summed E-state index contributed by atoms with van der Waals surface area (Å²) < 4.78 is 7.17. The van der Waals surface area contributed by atoms with Crippen molar-refractivity contribution in [3.8, 4) is 0 Å². The van der Waals surface area contributed by atoms with Crippen LogP contribution in [-0.4, -0.2) is 34.5 Å². The molecule has 2 heterocycles. The molecule has 0 unspecified atom stereocenters. The maximum absolute atomic E-state index is 5.21. The summed E-state index contributed by atoms with van der Waals surface area (Å²) in [6, 6.07) is 0.363. The van der Waals surface area contributed by atoms with E-state index in [2.05, 4.69) is 36.2 Å². The molecule has 0 saturated carbocycles. The third kappa shape index (κ3) is 2.41. The fourth-order valence-corrected chi connectivity index (χ4v) is 1.86. The molecular weight excluding hydrogens is 204 g/mol. The molecule has 0 radical (unpaired) electrons. The Morgan fingerprint density at radius 1 is 1.56 bits per heavy atom. The standard InChI is InChI=1S/C11H20N4O/c1-9(2)15-10(13-8-14-15)4-12-5-11(3)6-16-7-11/h8-9,12H,4-7H2,1-3H3. The van der Waals surface area contributed by atoms with Gasteiger partial charge in [-0.05, 0) is 13.8 Å². The van der Waals surface area contributed by atoms with Crippen molar-refractivity contribution in [1.82, 2.24) is 20.1 Å². The van der Waals surface area contributed by atoms with E-state index in [1.165, 1.54) is 0 Å². The number of nitrogens with zero attached hydrogens (tertiary/aromatic N) is 3. The quantitative estimate of drug-likeness (QED) is 0.810. The summed E-state index contributed by atoms with van der Waals surface area (Å²) in [6.07, 6.45) is 1.62. The highest BCUT2D eigenvalue weighted by molar-refractivity contribution is 4.88. The van der Waals surface area contributed by atoms with Gasteiger partial charge in [-0.2, -0.15) is 5.10 Å². The monoisotopic (exact) mass is 224 g/mol. The minimum Gasteiger partial charge on any atom is -0.380 e. The molecule has 0 amide bonds. The number of hydrogen-bond donors (Lipinski definition) is 1. The molecule has 0 bridgehead atoms. The van der Waals surface area contributed by atoms with Gasteiger partial charge in [-0.3, -0.25) is 0 Å². The number of nitrogens with one attached hydrogen (secondary N) is 1. The van der Waals surface area contributed by atoms with Crippen LogP contribution >= 0.6 is 0 Å². The normalized spacial score (nSPS) is 18.8. The molecular formula is C11H20N4O. The van der Waals surface area contributed by atoms with Crippen molar-refractivity contribution >= 4 is 0 Å². The summed E-state index contributed by atoms with van der Waals surface area (Å²) in [5.41, 5.74) is 0.308. The molecule has 1 aromatic heterocycles. The lowest BCUT2D eigenvalue weighted by Gasteiger charge is -2.38. The van der Waals surface area contributed by atoms with Gasteiger partial charge >= 0.3 is 0 Å². The molecule has 90 valence electrons.